The minimum atomic E-state index is 0.0484. The lowest BCUT2D eigenvalue weighted by molar-refractivity contribution is 0.384. The van der Waals surface area contributed by atoms with E-state index in [1.807, 2.05) is 18.0 Å². The smallest absolute Gasteiger partial charge is 0.147 e. The van der Waals surface area contributed by atoms with Crippen LogP contribution in [0.4, 0.5) is 5.82 Å². The van der Waals surface area contributed by atoms with Crippen molar-refractivity contribution in [3.8, 4) is 0 Å². The minimum Gasteiger partial charge on any atom is -0.358 e. The van der Waals surface area contributed by atoms with Crippen molar-refractivity contribution >= 4 is 33.3 Å². The van der Waals surface area contributed by atoms with Gasteiger partial charge in [-0.05, 0) is 34.0 Å². The number of hydrogen-bond donors (Lipinski definition) is 1. The zero-order chi connectivity index (χ0) is 12.3. The predicted molar refractivity (Wildman–Crippen MR) is 73.1 cm³/mol. The van der Waals surface area contributed by atoms with Crippen LogP contribution in [0.2, 0.25) is 5.02 Å². The molecule has 0 atom stereocenters. The van der Waals surface area contributed by atoms with Gasteiger partial charge in [-0.1, -0.05) is 25.4 Å². The zero-order valence-corrected chi connectivity index (χ0v) is 12.1. The van der Waals surface area contributed by atoms with Gasteiger partial charge in [-0.3, -0.25) is 0 Å². The highest BCUT2D eigenvalue weighted by atomic mass is 79.9. The van der Waals surface area contributed by atoms with Crippen LogP contribution in [0.1, 0.15) is 13.8 Å². The molecule has 0 aliphatic carbocycles. The molecule has 16 heavy (non-hydrogen) atoms. The summed E-state index contributed by atoms with van der Waals surface area (Å²) < 4.78 is 0.882. The predicted octanol–water partition coefficient (Wildman–Crippen LogP) is 2.92. The number of nitrogens with two attached hydrogens (primary N) is 1. The van der Waals surface area contributed by atoms with Crippen molar-refractivity contribution in [3.05, 3.63) is 21.8 Å². The molecule has 1 aromatic heterocycles. The van der Waals surface area contributed by atoms with Gasteiger partial charge < -0.3 is 10.6 Å². The second-order valence-electron chi connectivity index (χ2n) is 4.68. The Balaban J connectivity index is 2.84. The molecule has 0 radical (unpaired) electrons. The highest BCUT2D eigenvalue weighted by Gasteiger charge is 2.20. The summed E-state index contributed by atoms with van der Waals surface area (Å²) in [6.07, 6.45) is 1.74. The molecular formula is C11H17BrClN3. The second kappa shape index (κ2) is 5.34. The van der Waals surface area contributed by atoms with Crippen LogP contribution in [0.3, 0.4) is 0 Å². The molecule has 2 N–H and O–H groups in total. The first kappa shape index (κ1) is 13.7. The van der Waals surface area contributed by atoms with Crippen molar-refractivity contribution in [3.63, 3.8) is 0 Å². The number of aromatic nitrogens is 1. The SMILES string of the molecule is CN(CC(C)(C)CN)c1ncc(Br)cc1Cl. The fourth-order valence-electron chi connectivity index (χ4n) is 1.47. The molecule has 5 heteroatoms. The van der Waals surface area contributed by atoms with Crippen LogP contribution < -0.4 is 10.6 Å². The average molecular weight is 307 g/mol. The Morgan fingerprint density at radius 2 is 2.19 bits per heavy atom. The van der Waals surface area contributed by atoms with Crippen LogP contribution >= 0.6 is 27.5 Å². The molecule has 0 saturated carbocycles. The molecule has 1 aromatic rings. The fraction of sp³-hybridized carbons (Fsp3) is 0.545. The highest BCUT2D eigenvalue weighted by molar-refractivity contribution is 9.10. The van der Waals surface area contributed by atoms with E-state index in [9.17, 15) is 0 Å². The van der Waals surface area contributed by atoms with Gasteiger partial charge in [0.25, 0.3) is 0 Å². The molecule has 3 nitrogen and oxygen atoms in total. The van der Waals surface area contributed by atoms with Gasteiger partial charge in [0.05, 0.1) is 5.02 Å². The van der Waals surface area contributed by atoms with Crippen molar-refractivity contribution in [1.82, 2.24) is 4.98 Å². The molecule has 0 amide bonds. The molecule has 0 saturated heterocycles. The Kier molecular flexibility index (Phi) is 4.59. The van der Waals surface area contributed by atoms with E-state index in [-0.39, 0.29) is 5.41 Å². The van der Waals surface area contributed by atoms with Crippen LogP contribution in [-0.4, -0.2) is 25.1 Å². The molecular weight excluding hydrogens is 289 g/mol. The van der Waals surface area contributed by atoms with E-state index in [0.29, 0.717) is 11.6 Å². The van der Waals surface area contributed by atoms with Gasteiger partial charge in [-0.15, -0.1) is 0 Å². The first-order valence-corrected chi connectivity index (χ1v) is 6.25. The Morgan fingerprint density at radius 3 is 2.69 bits per heavy atom. The Morgan fingerprint density at radius 1 is 1.56 bits per heavy atom. The van der Waals surface area contributed by atoms with Gasteiger partial charge in [0.1, 0.15) is 5.82 Å². The molecule has 0 unspecified atom stereocenters. The lowest BCUT2D eigenvalue weighted by Crippen LogP contribution is -2.37. The molecule has 0 aliphatic heterocycles. The summed E-state index contributed by atoms with van der Waals surface area (Å²) in [5, 5.41) is 0.643. The monoisotopic (exact) mass is 305 g/mol. The third kappa shape index (κ3) is 3.61. The topological polar surface area (TPSA) is 42.1 Å². The standard InChI is InChI=1S/C11H17BrClN3/c1-11(2,6-14)7-16(3)10-9(13)4-8(12)5-15-10/h4-5H,6-7,14H2,1-3H3. The van der Waals surface area contributed by atoms with Crippen molar-refractivity contribution < 1.29 is 0 Å². The van der Waals surface area contributed by atoms with E-state index < -0.39 is 0 Å². The lowest BCUT2D eigenvalue weighted by atomic mass is 9.93. The average Bonchev–Trinajstić information content (AvgIpc) is 2.16. The summed E-state index contributed by atoms with van der Waals surface area (Å²) in [7, 11) is 1.97. The van der Waals surface area contributed by atoms with E-state index in [2.05, 4.69) is 34.8 Å². The quantitative estimate of drug-likeness (QED) is 0.930. The van der Waals surface area contributed by atoms with E-state index in [1.165, 1.54) is 0 Å². The number of hydrogen-bond acceptors (Lipinski definition) is 3. The van der Waals surface area contributed by atoms with Gasteiger partial charge in [0, 0.05) is 24.3 Å². The third-order valence-corrected chi connectivity index (χ3v) is 3.08. The molecule has 0 spiro atoms. The maximum atomic E-state index is 6.13. The number of rotatable bonds is 4. The zero-order valence-electron chi connectivity index (χ0n) is 9.80. The summed E-state index contributed by atoms with van der Waals surface area (Å²) in [6.45, 7) is 5.69. The van der Waals surface area contributed by atoms with E-state index in [1.54, 1.807) is 6.20 Å². The third-order valence-electron chi connectivity index (χ3n) is 2.37. The molecule has 0 fully saturated rings. The fourth-order valence-corrected chi connectivity index (χ4v) is 2.24. The summed E-state index contributed by atoms with van der Waals surface area (Å²) in [6, 6.07) is 1.84. The summed E-state index contributed by atoms with van der Waals surface area (Å²) in [5.41, 5.74) is 5.76. The first-order valence-electron chi connectivity index (χ1n) is 5.08. The molecule has 0 aromatic carbocycles. The summed E-state index contributed by atoms with van der Waals surface area (Å²) in [5.74, 6) is 0.784. The Bertz CT molecular complexity index is 368. The van der Waals surface area contributed by atoms with E-state index in [0.717, 1.165) is 16.8 Å². The van der Waals surface area contributed by atoms with Crippen LogP contribution in [-0.2, 0) is 0 Å². The van der Waals surface area contributed by atoms with Crippen LogP contribution in [0.5, 0.6) is 0 Å². The number of halogens is 2. The van der Waals surface area contributed by atoms with Gasteiger partial charge in [0.2, 0.25) is 0 Å². The van der Waals surface area contributed by atoms with Gasteiger partial charge >= 0.3 is 0 Å². The normalized spacial score (nSPS) is 11.6. The van der Waals surface area contributed by atoms with Gasteiger partial charge in [-0.25, -0.2) is 4.98 Å². The van der Waals surface area contributed by atoms with Crippen LogP contribution in [0.15, 0.2) is 16.7 Å². The number of nitrogens with zero attached hydrogens (tertiary/aromatic N) is 2. The lowest BCUT2D eigenvalue weighted by Gasteiger charge is -2.30. The maximum Gasteiger partial charge on any atom is 0.147 e. The van der Waals surface area contributed by atoms with Crippen molar-refractivity contribution in [2.45, 2.75) is 13.8 Å². The number of pyridine rings is 1. The molecule has 0 bridgehead atoms. The van der Waals surface area contributed by atoms with Crippen LogP contribution in [0, 0.1) is 5.41 Å². The van der Waals surface area contributed by atoms with Crippen molar-refractivity contribution in [1.29, 1.82) is 0 Å². The minimum absolute atomic E-state index is 0.0484. The number of anilines is 1. The van der Waals surface area contributed by atoms with Gasteiger partial charge in [0.15, 0.2) is 0 Å². The van der Waals surface area contributed by atoms with Crippen molar-refractivity contribution in [2.24, 2.45) is 11.1 Å². The molecule has 90 valence electrons. The second-order valence-corrected chi connectivity index (χ2v) is 6.01. The van der Waals surface area contributed by atoms with E-state index >= 15 is 0 Å². The Labute approximate surface area is 110 Å². The molecule has 1 rings (SSSR count). The first-order chi connectivity index (χ1) is 7.35. The highest BCUT2D eigenvalue weighted by Crippen LogP contribution is 2.27. The van der Waals surface area contributed by atoms with E-state index in [4.69, 9.17) is 17.3 Å². The van der Waals surface area contributed by atoms with Crippen molar-refractivity contribution in [2.75, 3.05) is 25.0 Å². The Hall–Kier alpha value is -0.320. The molecule has 0 aliphatic rings. The molecule has 1 heterocycles. The van der Waals surface area contributed by atoms with Crippen LogP contribution in [0.25, 0.3) is 0 Å². The maximum absolute atomic E-state index is 6.13. The van der Waals surface area contributed by atoms with Gasteiger partial charge in [-0.2, -0.15) is 0 Å². The summed E-state index contributed by atoms with van der Waals surface area (Å²) in [4.78, 5) is 6.33. The largest absolute Gasteiger partial charge is 0.358 e. The summed E-state index contributed by atoms with van der Waals surface area (Å²) >= 11 is 9.47.